The van der Waals surface area contributed by atoms with E-state index in [1.54, 1.807) is 12.1 Å². The molecule has 0 fully saturated rings. The molecule has 0 spiro atoms. The fourth-order valence-corrected chi connectivity index (χ4v) is 1.23. The zero-order valence-electron chi connectivity index (χ0n) is 7.16. The Labute approximate surface area is 81.3 Å². The van der Waals surface area contributed by atoms with E-state index in [9.17, 15) is 5.11 Å². The Morgan fingerprint density at radius 1 is 1.54 bits per heavy atom. The SMILES string of the molecule is CC/C(=N\O)c1ccc(Cl)cc1O. The van der Waals surface area contributed by atoms with Gasteiger partial charge in [-0.1, -0.05) is 23.7 Å². The molecule has 1 rings (SSSR count). The number of hydrogen-bond acceptors (Lipinski definition) is 3. The summed E-state index contributed by atoms with van der Waals surface area (Å²) < 4.78 is 0. The minimum atomic E-state index is 0.0298. The van der Waals surface area contributed by atoms with Crippen molar-refractivity contribution in [2.75, 3.05) is 0 Å². The van der Waals surface area contributed by atoms with Gasteiger partial charge in [0.1, 0.15) is 5.75 Å². The number of halogens is 1. The lowest BCUT2D eigenvalue weighted by Crippen LogP contribution is -1.98. The van der Waals surface area contributed by atoms with Crippen molar-refractivity contribution in [2.24, 2.45) is 5.16 Å². The number of rotatable bonds is 2. The fraction of sp³-hybridized carbons (Fsp3) is 0.222. The summed E-state index contributed by atoms with van der Waals surface area (Å²) in [5.41, 5.74) is 0.948. The average Bonchev–Trinajstić information content (AvgIpc) is 2.10. The lowest BCUT2D eigenvalue weighted by atomic mass is 10.1. The standard InChI is InChI=1S/C9H10ClNO2/c1-2-8(11-13)7-4-3-6(10)5-9(7)12/h3-5,12-13H,2H2,1H3/b11-8+. The first-order valence-electron chi connectivity index (χ1n) is 3.88. The first-order valence-corrected chi connectivity index (χ1v) is 4.26. The number of aromatic hydroxyl groups is 1. The van der Waals surface area contributed by atoms with Gasteiger partial charge in [-0.2, -0.15) is 0 Å². The fourth-order valence-electron chi connectivity index (χ4n) is 1.06. The van der Waals surface area contributed by atoms with E-state index in [0.29, 0.717) is 22.7 Å². The third-order valence-corrected chi connectivity index (χ3v) is 1.96. The smallest absolute Gasteiger partial charge is 0.126 e. The Morgan fingerprint density at radius 2 is 2.23 bits per heavy atom. The predicted molar refractivity (Wildman–Crippen MR) is 51.7 cm³/mol. The van der Waals surface area contributed by atoms with Gasteiger partial charge in [0.15, 0.2) is 0 Å². The maximum atomic E-state index is 9.45. The molecule has 3 nitrogen and oxygen atoms in total. The van der Waals surface area contributed by atoms with E-state index >= 15 is 0 Å². The largest absolute Gasteiger partial charge is 0.507 e. The zero-order valence-corrected chi connectivity index (χ0v) is 7.91. The molecular formula is C9H10ClNO2. The quantitative estimate of drug-likeness (QED) is 0.437. The molecule has 2 N–H and O–H groups in total. The summed E-state index contributed by atoms with van der Waals surface area (Å²) in [5, 5.41) is 21.6. The van der Waals surface area contributed by atoms with Crippen molar-refractivity contribution in [2.45, 2.75) is 13.3 Å². The maximum Gasteiger partial charge on any atom is 0.126 e. The first-order chi connectivity index (χ1) is 6.19. The summed E-state index contributed by atoms with van der Waals surface area (Å²) >= 11 is 5.65. The van der Waals surface area contributed by atoms with Crippen LogP contribution in [0.2, 0.25) is 5.02 Å². The molecule has 13 heavy (non-hydrogen) atoms. The maximum absolute atomic E-state index is 9.45. The monoisotopic (exact) mass is 199 g/mol. The van der Waals surface area contributed by atoms with Gasteiger partial charge in [-0.25, -0.2) is 0 Å². The number of benzene rings is 1. The van der Waals surface area contributed by atoms with Crippen molar-refractivity contribution in [1.29, 1.82) is 0 Å². The minimum absolute atomic E-state index is 0.0298. The Morgan fingerprint density at radius 3 is 2.69 bits per heavy atom. The summed E-state index contributed by atoms with van der Waals surface area (Å²) in [5.74, 6) is 0.0298. The molecule has 1 aromatic rings. The molecule has 0 amide bonds. The molecule has 0 aromatic heterocycles. The van der Waals surface area contributed by atoms with E-state index in [-0.39, 0.29) is 5.75 Å². The highest BCUT2D eigenvalue weighted by atomic mass is 35.5. The van der Waals surface area contributed by atoms with Crippen molar-refractivity contribution in [3.8, 4) is 5.75 Å². The van der Waals surface area contributed by atoms with Crippen LogP contribution in [0.1, 0.15) is 18.9 Å². The molecule has 0 atom stereocenters. The second-order valence-corrected chi connectivity index (χ2v) is 3.00. The molecule has 0 aliphatic heterocycles. The molecule has 0 bridgehead atoms. The lowest BCUT2D eigenvalue weighted by Gasteiger charge is -2.04. The van der Waals surface area contributed by atoms with Crippen LogP contribution in [0.5, 0.6) is 5.75 Å². The van der Waals surface area contributed by atoms with Gasteiger partial charge >= 0.3 is 0 Å². The summed E-state index contributed by atoms with van der Waals surface area (Å²) in [6.45, 7) is 1.84. The lowest BCUT2D eigenvalue weighted by molar-refractivity contribution is 0.318. The predicted octanol–water partition coefficient (Wildman–Crippen LogP) is 2.63. The third kappa shape index (κ3) is 2.12. The van der Waals surface area contributed by atoms with Crippen molar-refractivity contribution in [1.82, 2.24) is 0 Å². The molecule has 0 saturated carbocycles. The molecule has 0 radical (unpaired) electrons. The van der Waals surface area contributed by atoms with Crippen LogP contribution < -0.4 is 0 Å². The van der Waals surface area contributed by atoms with Crippen LogP contribution in [0.3, 0.4) is 0 Å². The van der Waals surface area contributed by atoms with Crippen LogP contribution in [0.15, 0.2) is 23.4 Å². The molecule has 0 saturated heterocycles. The highest BCUT2D eigenvalue weighted by molar-refractivity contribution is 6.30. The van der Waals surface area contributed by atoms with Crippen LogP contribution in [-0.4, -0.2) is 16.0 Å². The summed E-state index contributed by atoms with van der Waals surface area (Å²) in [7, 11) is 0. The van der Waals surface area contributed by atoms with Crippen molar-refractivity contribution >= 4 is 17.3 Å². The molecule has 70 valence electrons. The van der Waals surface area contributed by atoms with Crippen LogP contribution in [0.4, 0.5) is 0 Å². The van der Waals surface area contributed by atoms with Crippen LogP contribution >= 0.6 is 11.6 Å². The third-order valence-electron chi connectivity index (χ3n) is 1.73. The van der Waals surface area contributed by atoms with Gasteiger partial charge in [0.05, 0.1) is 5.71 Å². The molecule has 0 unspecified atom stereocenters. The van der Waals surface area contributed by atoms with Crippen LogP contribution in [-0.2, 0) is 0 Å². The Hall–Kier alpha value is -1.22. The summed E-state index contributed by atoms with van der Waals surface area (Å²) in [4.78, 5) is 0. The van der Waals surface area contributed by atoms with Gasteiger partial charge in [-0.05, 0) is 24.6 Å². The zero-order chi connectivity index (χ0) is 9.84. The van der Waals surface area contributed by atoms with Crippen molar-refractivity contribution < 1.29 is 10.3 Å². The van der Waals surface area contributed by atoms with Gasteiger partial charge < -0.3 is 10.3 Å². The molecule has 0 heterocycles. The number of hydrogen-bond donors (Lipinski definition) is 2. The second-order valence-electron chi connectivity index (χ2n) is 2.56. The normalized spacial score (nSPS) is 11.7. The van der Waals surface area contributed by atoms with Gasteiger partial charge in [-0.3, -0.25) is 0 Å². The minimum Gasteiger partial charge on any atom is -0.507 e. The number of oxime groups is 1. The Balaban J connectivity index is 3.15. The van der Waals surface area contributed by atoms with Gasteiger partial charge in [0, 0.05) is 10.6 Å². The van der Waals surface area contributed by atoms with Gasteiger partial charge in [-0.15, -0.1) is 0 Å². The van der Waals surface area contributed by atoms with Crippen molar-refractivity contribution in [3.63, 3.8) is 0 Å². The highest BCUT2D eigenvalue weighted by Crippen LogP contribution is 2.23. The summed E-state index contributed by atoms with van der Waals surface area (Å²) in [6, 6.07) is 4.67. The number of nitrogens with zero attached hydrogens (tertiary/aromatic N) is 1. The van der Waals surface area contributed by atoms with E-state index in [1.807, 2.05) is 6.92 Å². The van der Waals surface area contributed by atoms with Crippen LogP contribution in [0.25, 0.3) is 0 Å². The average molecular weight is 200 g/mol. The molecule has 1 aromatic carbocycles. The second kappa shape index (κ2) is 4.14. The number of phenols is 1. The first kappa shape index (κ1) is 9.86. The molecule has 0 aliphatic rings. The van der Waals surface area contributed by atoms with E-state index in [4.69, 9.17) is 16.8 Å². The topological polar surface area (TPSA) is 52.8 Å². The Bertz CT molecular complexity index is 336. The summed E-state index contributed by atoms with van der Waals surface area (Å²) in [6.07, 6.45) is 0.547. The van der Waals surface area contributed by atoms with E-state index in [0.717, 1.165) is 0 Å². The molecular weight excluding hydrogens is 190 g/mol. The van der Waals surface area contributed by atoms with Gasteiger partial charge in [0.2, 0.25) is 0 Å². The van der Waals surface area contributed by atoms with Gasteiger partial charge in [0.25, 0.3) is 0 Å². The van der Waals surface area contributed by atoms with E-state index < -0.39 is 0 Å². The van der Waals surface area contributed by atoms with E-state index in [2.05, 4.69) is 5.16 Å². The Kier molecular flexibility index (Phi) is 3.14. The van der Waals surface area contributed by atoms with Crippen molar-refractivity contribution in [3.05, 3.63) is 28.8 Å². The van der Waals surface area contributed by atoms with Crippen LogP contribution in [0, 0.1) is 0 Å². The van der Waals surface area contributed by atoms with E-state index in [1.165, 1.54) is 6.07 Å². The number of phenolic OH excluding ortho intramolecular Hbond substituents is 1. The molecule has 0 aliphatic carbocycles. The molecule has 4 heteroatoms. The highest BCUT2D eigenvalue weighted by Gasteiger charge is 2.07.